The molecule has 0 aromatic heterocycles. The van der Waals surface area contributed by atoms with Gasteiger partial charge in [-0.3, -0.25) is 9.36 Å². The Morgan fingerprint density at radius 2 is 1.62 bits per heavy atom. The highest BCUT2D eigenvalue weighted by molar-refractivity contribution is 7.53. The van der Waals surface area contributed by atoms with Gasteiger partial charge in [-0.2, -0.15) is 0 Å². The molecule has 9 heteroatoms. The van der Waals surface area contributed by atoms with E-state index >= 15 is 0 Å². The molecule has 0 bridgehead atoms. The Kier molecular flexibility index (Phi) is 12.6. The van der Waals surface area contributed by atoms with Crippen LogP contribution < -0.4 is 9.47 Å². The lowest BCUT2D eigenvalue weighted by atomic mass is 9.92. The van der Waals surface area contributed by atoms with E-state index in [1.165, 1.54) is 6.07 Å². The van der Waals surface area contributed by atoms with Gasteiger partial charge in [0, 0.05) is 6.07 Å². The molecular formula is C33H42FO7P. The molecule has 0 aliphatic rings. The quantitative estimate of drug-likeness (QED) is 0.122. The number of benzene rings is 3. The normalized spacial score (nSPS) is 12.2. The van der Waals surface area contributed by atoms with Crippen LogP contribution in [0.3, 0.4) is 0 Å². The number of rotatable bonds is 17. The third kappa shape index (κ3) is 9.15. The van der Waals surface area contributed by atoms with E-state index in [0.717, 1.165) is 33.6 Å². The fraction of sp³-hybridized carbons (Fsp3) is 0.424. The van der Waals surface area contributed by atoms with Gasteiger partial charge in [-0.15, -0.1) is 0 Å². The molecule has 228 valence electrons. The second-order valence-electron chi connectivity index (χ2n) is 10.1. The van der Waals surface area contributed by atoms with Gasteiger partial charge in [0.2, 0.25) is 0 Å². The number of carboxylic acids is 1. The summed E-state index contributed by atoms with van der Waals surface area (Å²) in [6.07, 6.45) is 1.28. The Morgan fingerprint density at radius 3 is 2.24 bits per heavy atom. The Hall–Kier alpha value is -3.19. The Morgan fingerprint density at radius 1 is 0.929 bits per heavy atom. The van der Waals surface area contributed by atoms with Gasteiger partial charge in [0.25, 0.3) is 0 Å². The summed E-state index contributed by atoms with van der Waals surface area (Å²) in [6.45, 7) is 10.9. The minimum absolute atomic E-state index is 0.113. The second kappa shape index (κ2) is 15.9. The highest BCUT2D eigenvalue weighted by atomic mass is 31.2. The largest absolute Gasteiger partial charge is 0.494 e. The molecular weight excluding hydrogens is 558 g/mol. The SMILES string of the molecule is CCOP(=O)(CCCOc1ccc(-c2cccc(COc3ccc(C(CC)CC(=O)O)c(F)c3)c2C)c(C)c1)OCC. The van der Waals surface area contributed by atoms with Crippen LogP contribution in [0, 0.1) is 19.7 Å². The number of hydrogen-bond donors (Lipinski definition) is 1. The molecule has 0 radical (unpaired) electrons. The predicted molar refractivity (Wildman–Crippen MR) is 163 cm³/mol. The third-order valence-electron chi connectivity index (χ3n) is 7.15. The van der Waals surface area contributed by atoms with Crippen LogP contribution in [-0.4, -0.2) is 37.1 Å². The zero-order valence-electron chi connectivity index (χ0n) is 25.2. The third-order valence-corrected chi connectivity index (χ3v) is 9.32. The molecule has 42 heavy (non-hydrogen) atoms. The first-order valence-corrected chi connectivity index (χ1v) is 16.2. The van der Waals surface area contributed by atoms with E-state index in [9.17, 15) is 13.8 Å². The van der Waals surface area contributed by atoms with E-state index in [-0.39, 0.29) is 18.9 Å². The van der Waals surface area contributed by atoms with E-state index in [1.807, 2.05) is 51.1 Å². The summed E-state index contributed by atoms with van der Waals surface area (Å²) in [7, 11) is -3.08. The van der Waals surface area contributed by atoms with Crippen LogP contribution >= 0.6 is 7.60 Å². The molecule has 0 spiro atoms. The van der Waals surface area contributed by atoms with Crippen molar-refractivity contribution in [1.29, 1.82) is 0 Å². The van der Waals surface area contributed by atoms with Crippen molar-refractivity contribution in [3.63, 3.8) is 0 Å². The number of carboxylic acid groups (broad SMARTS) is 1. The van der Waals surface area contributed by atoms with Crippen LogP contribution in [0.25, 0.3) is 11.1 Å². The van der Waals surface area contributed by atoms with Crippen molar-refractivity contribution >= 4 is 13.6 Å². The zero-order valence-corrected chi connectivity index (χ0v) is 26.0. The molecule has 0 aliphatic heterocycles. The molecule has 1 unspecified atom stereocenters. The Balaban J connectivity index is 1.65. The van der Waals surface area contributed by atoms with Gasteiger partial charge in [-0.1, -0.05) is 37.3 Å². The number of ether oxygens (including phenoxy) is 2. The molecule has 7 nitrogen and oxygen atoms in total. The average Bonchev–Trinajstić information content (AvgIpc) is 2.94. The molecule has 1 atom stereocenters. The summed E-state index contributed by atoms with van der Waals surface area (Å²) in [5.41, 5.74) is 5.61. The van der Waals surface area contributed by atoms with E-state index in [4.69, 9.17) is 23.6 Å². The number of hydrogen-bond acceptors (Lipinski definition) is 6. The highest BCUT2D eigenvalue weighted by Gasteiger charge is 2.23. The maximum atomic E-state index is 14.8. The molecule has 0 fully saturated rings. The average molecular weight is 601 g/mol. The van der Waals surface area contributed by atoms with Crippen LogP contribution in [-0.2, 0) is 25.0 Å². The number of aryl methyl sites for hydroxylation is 1. The minimum Gasteiger partial charge on any atom is -0.494 e. The summed E-state index contributed by atoms with van der Waals surface area (Å²) in [4.78, 5) is 11.1. The minimum atomic E-state index is -3.08. The summed E-state index contributed by atoms with van der Waals surface area (Å²) in [5, 5.41) is 9.12. The molecule has 3 aromatic carbocycles. The molecule has 0 saturated heterocycles. The van der Waals surface area contributed by atoms with Gasteiger partial charge >= 0.3 is 13.6 Å². The maximum Gasteiger partial charge on any atom is 0.330 e. The lowest BCUT2D eigenvalue weighted by molar-refractivity contribution is -0.137. The lowest BCUT2D eigenvalue weighted by Crippen LogP contribution is -2.07. The van der Waals surface area contributed by atoms with Crippen LogP contribution in [0.1, 0.15) is 68.2 Å². The highest BCUT2D eigenvalue weighted by Crippen LogP contribution is 2.48. The fourth-order valence-corrected chi connectivity index (χ4v) is 6.58. The topological polar surface area (TPSA) is 91.3 Å². The fourth-order valence-electron chi connectivity index (χ4n) is 4.94. The smallest absolute Gasteiger partial charge is 0.330 e. The van der Waals surface area contributed by atoms with Crippen LogP contribution in [0.4, 0.5) is 4.39 Å². The maximum absolute atomic E-state index is 14.8. The van der Waals surface area contributed by atoms with Gasteiger partial charge in [0.15, 0.2) is 0 Å². The predicted octanol–water partition coefficient (Wildman–Crippen LogP) is 8.69. The summed E-state index contributed by atoms with van der Waals surface area (Å²) < 4.78 is 50.0. The molecule has 0 heterocycles. The van der Waals surface area contributed by atoms with Crippen molar-refractivity contribution in [1.82, 2.24) is 0 Å². The summed E-state index contributed by atoms with van der Waals surface area (Å²) in [5.74, 6) is -0.660. The van der Waals surface area contributed by atoms with Crippen molar-refractivity contribution < 1.29 is 37.4 Å². The van der Waals surface area contributed by atoms with Crippen molar-refractivity contribution in [2.75, 3.05) is 26.0 Å². The van der Waals surface area contributed by atoms with Gasteiger partial charge in [0.05, 0.1) is 32.4 Å². The van der Waals surface area contributed by atoms with Crippen molar-refractivity contribution in [3.05, 3.63) is 82.7 Å². The van der Waals surface area contributed by atoms with Gasteiger partial charge < -0.3 is 23.6 Å². The Labute approximate surface area is 248 Å². The monoisotopic (exact) mass is 600 g/mol. The van der Waals surface area contributed by atoms with Crippen LogP contribution in [0.2, 0.25) is 0 Å². The van der Waals surface area contributed by atoms with Crippen molar-refractivity contribution in [2.45, 2.75) is 66.4 Å². The number of halogens is 1. The first-order chi connectivity index (χ1) is 20.1. The molecule has 0 aliphatic carbocycles. The van der Waals surface area contributed by atoms with Crippen LogP contribution in [0.15, 0.2) is 54.6 Å². The molecule has 1 N–H and O–H groups in total. The van der Waals surface area contributed by atoms with E-state index < -0.39 is 19.4 Å². The van der Waals surface area contributed by atoms with Crippen molar-refractivity contribution in [2.24, 2.45) is 0 Å². The second-order valence-corrected chi connectivity index (χ2v) is 12.3. The molecule has 3 aromatic rings. The Bertz CT molecular complexity index is 1380. The number of carbonyl (C=O) groups is 1. The van der Waals surface area contributed by atoms with Crippen molar-refractivity contribution in [3.8, 4) is 22.6 Å². The molecule has 0 saturated carbocycles. The summed E-state index contributed by atoms with van der Waals surface area (Å²) >= 11 is 0. The number of aliphatic carboxylic acids is 1. The van der Waals surface area contributed by atoms with E-state index in [2.05, 4.69) is 6.07 Å². The summed E-state index contributed by atoms with van der Waals surface area (Å²) in [6, 6.07) is 16.6. The molecule has 3 rings (SSSR count). The lowest BCUT2D eigenvalue weighted by Gasteiger charge is -2.17. The van der Waals surface area contributed by atoms with E-state index in [1.54, 1.807) is 26.0 Å². The zero-order chi connectivity index (χ0) is 30.7. The molecule has 0 amide bonds. The van der Waals surface area contributed by atoms with Gasteiger partial charge in [-0.25, -0.2) is 4.39 Å². The van der Waals surface area contributed by atoms with Gasteiger partial charge in [0.1, 0.15) is 23.9 Å². The standard InChI is InChI=1S/C33H42FO7P/c1-6-25(20-33(35)36)31-16-14-28(21-32(31)34)39-22-26-11-9-12-30(24(26)5)29-15-13-27(19-23(29)4)38-17-10-18-42(37,40-7-2)41-8-3/h9,11-16,19,21,25H,6-8,10,17-18,20,22H2,1-5H3,(H,35,36). The first kappa shape index (κ1) is 33.3. The van der Waals surface area contributed by atoms with Gasteiger partial charge in [-0.05, 0) is 98.0 Å². The van der Waals surface area contributed by atoms with Crippen LogP contribution in [0.5, 0.6) is 11.5 Å². The van der Waals surface area contributed by atoms with E-state index in [0.29, 0.717) is 50.1 Å². The first-order valence-electron chi connectivity index (χ1n) is 14.4.